The van der Waals surface area contributed by atoms with Crippen LogP contribution in [-0.2, 0) is 16.1 Å². The summed E-state index contributed by atoms with van der Waals surface area (Å²) in [6.07, 6.45) is 2.06. The Labute approximate surface area is 141 Å². The minimum atomic E-state index is -0.0857. The number of hydrogen-bond donors (Lipinski definition) is 1. The van der Waals surface area contributed by atoms with Gasteiger partial charge in [0.2, 0.25) is 5.91 Å². The van der Waals surface area contributed by atoms with E-state index in [-0.39, 0.29) is 30.7 Å². The van der Waals surface area contributed by atoms with Crippen LogP contribution in [0.1, 0.15) is 24.0 Å². The molecule has 2 aliphatic heterocycles. The van der Waals surface area contributed by atoms with E-state index in [9.17, 15) is 9.59 Å². The largest absolute Gasteiger partial charge is 0.364 e. The monoisotopic (exact) mass is 329 g/mol. The van der Waals surface area contributed by atoms with Gasteiger partial charge in [0.05, 0.1) is 18.7 Å². The highest BCUT2D eigenvalue weighted by molar-refractivity contribution is 5.80. The van der Waals surface area contributed by atoms with Gasteiger partial charge in [-0.1, -0.05) is 29.8 Å². The van der Waals surface area contributed by atoms with Crippen molar-refractivity contribution in [2.75, 3.05) is 19.7 Å². The van der Waals surface area contributed by atoms with Crippen LogP contribution in [0, 0.1) is 6.92 Å². The second-order valence-corrected chi connectivity index (χ2v) is 7.06. The third-order valence-corrected chi connectivity index (χ3v) is 5.01. The minimum absolute atomic E-state index is 0.00204. The molecule has 6 heteroatoms. The maximum atomic E-state index is 12.4. The molecule has 1 aromatic carbocycles. The fourth-order valence-electron chi connectivity index (χ4n) is 3.54. The zero-order valence-corrected chi connectivity index (χ0v) is 13.9. The van der Waals surface area contributed by atoms with E-state index in [0.29, 0.717) is 25.7 Å². The van der Waals surface area contributed by atoms with E-state index in [1.54, 1.807) is 4.90 Å². The summed E-state index contributed by atoms with van der Waals surface area (Å²) in [6, 6.07) is 8.45. The number of nitrogens with one attached hydrogen (secondary N) is 1. The number of aryl methyl sites for hydroxylation is 1. The second kappa shape index (κ2) is 6.09. The van der Waals surface area contributed by atoms with Crippen molar-refractivity contribution in [1.29, 1.82) is 0 Å². The molecule has 1 aliphatic carbocycles. The van der Waals surface area contributed by atoms with Gasteiger partial charge in [0.15, 0.2) is 0 Å². The number of fused-ring (bicyclic) bond motifs is 1. The van der Waals surface area contributed by atoms with E-state index in [0.717, 1.165) is 18.4 Å². The summed E-state index contributed by atoms with van der Waals surface area (Å²) >= 11 is 0. The highest BCUT2D eigenvalue weighted by Gasteiger charge is 2.45. The molecular formula is C18H23N3O3. The first kappa shape index (κ1) is 15.4. The van der Waals surface area contributed by atoms with Gasteiger partial charge in [0, 0.05) is 19.1 Å². The molecule has 1 N–H and O–H groups in total. The first-order chi connectivity index (χ1) is 11.6. The molecule has 4 rings (SSSR count). The van der Waals surface area contributed by atoms with Crippen LogP contribution in [0.25, 0.3) is 0 Å². The number of urea groups is 1. The molecule has 3 fully saturated rings. The van der Waals surface area contributed by atoms with Crippen molar-refractivity contribution in [2.45, 2.75) is 44.5 Å². The van der Waals surface area contributed by atoms with Crippen LogP contribution in [0.3, 0.4) is 0 Å². The lowest BCUT2D eigenvalue weighted by molar-refractivity contribution is -0.153. The van der Waals surface area contributed by atoms with Crippen molar-refractivity contribution < 1.29 is 14.3 Å². The van der Waals surface area contributed by atoms with Crippen molar-refractivity contribution in [3.8, 4) is 0 Å². The number of carbonyl (C=O) groups is 2. The number of rotatable bonds is 3. The van der Waals surface area contributed by atoms with Crippen LogP contribution < -0.4 is 5.32 Å². The lowest BCUT2D eigenvalue weighted by atomic mass is 10.1. The normalized spacial score (nSPS) is 26.5. The number of likely N-dealkylation sites (tertiary alicyclic amines) is 1. The summed E-state index contributed by atoms with van der Waals surface area (Å²) in [5.74, 6) is 0.00204. The molecule has 0 unspecified atom stereocenters. The number of carbonyl (C=O) groups excluding carboxylic acids is 2. The van der Waals surface area contributed by atoms with Crippen molar-refractivity contribution in [3.63, 3.8) is 0 Å². The molecule has 0 radical (unpaired) electrons. The first-order valence-corrected chi connectivity index (χ1v) is 8.62. The fraction of sp³-hybridized carbons (Fsp3) is 0.556. The van der Waals surface area contributed by atoms with Gasteiger partial charge < -0.3 is 19.9 Å². The molecule has 24 heavy (non-hydrogen) atoms. The average molecular weight is 329 g/mol. The molecule has 0 spiro atoms. The third kappa shape index (κ3) is 3.11. The van der Waals surface area contributed by atoms with Crippen LogP contribution in [0.2, 0.25) is 0 Å². The predicted octanol–water partition coefficient (Wildman–Crippen LogP) is 1.28. The van der Waals surface area contributed by atoms with Gasteiger partial charge in [-0.05, 0) is 25.3 Å². The smallest absolute Gasteiger partial charge is 0.317 e. The zero-order chi connectivity index (χ0) is 16.7. The molecule has 1 saturated carbocycles. The molecule has 2 atom stereocenters. The van der Waals surface area contributed by atoms with E-state index >= 15 is 0 Å². The lowest BCUT2D eigenvalue weighted by Gasteiger charge is -2.36. The predicted molar refractivity (Wildman–Crippen MR) is 88.4 cm³/mol. The van der Waals surface area contributed by atoms with E-state index < -0.39 is 0 Å². The minimum Gasteiger partial charge on any atom is -0.364 e. The van der Waals surface area contributed by atoms with Gasteiger partial charge in [-0.2, -0.15) is 0 Å². The second-order valence-electron chi connectivity index (χ2n) is 7.06. The summed E-state index contributed by atoms with van der Waals surface area (Å²) in [6.45, 7) is 3.82. The molecule has 1 aromatic rings. The SMILES string of the molecule is Cc1cccc(CN2C(=O)CO[C@@H]3CN(C(=O)NC4CC4)C[C@H]32)c1. The number of ether oxygens (including phenoxy) is 1. The molecule has 3 amide bonds. The van der Waals surface area contributed by atoms with Crippen LogP contribution in [0.5, 0.6) is 0 Å². The Bertz CT molecular complexity index is 659. The molecule has 0 bridgehead atoms. The Balaban J connectivity index is 1.47. The summed E-state index contributed by atoms with van der Waals surface area (Å²) < 4.78 is 5.69. The number of nitrogens with zero attached hydrogens (tertiary/aromatic N) is 2. The Kier molecular flexibility index (Phi) is 3.92. The molecular weight excluding hydrogens is 306 g/mol. The molecule has 128 valence electrons. The Morgan fingerprint density at radius 3 is 2.92 bits per heavy atom. The van der Waals surface area contributed by atoms with Gasteiger partial charge in [0.1, 0.15) is 6.61 Å². The Hall–Kier alpha value is -2.08. The number of amides is 3. The van der Waals surface area contributed by atoms with Gasteiger partial charge in [-0.3, -0.25) is 4.79 Å². The van der Waals surface area contributed by atoms with Gasteiger partial charge in [-0.25, -0.2) is 4.79 Å². The highest BCUT2D eigenvalue weighted by atomic mass is 16.5. The van der Waals surface area contributed by atoms with E-state index in [2.05, 4.69) is 11.4 Å². The Morgan fingerprint density at radius 2 is 2.17 bits per heavy atom. The quantitative estimate of drug-likeness (QED) is 0.909. The van der Waals surface area contributed by atoms with Gasteiger partial charge in [-0.15, -0.1) is 0 Å². The standard InChI is InChI=1S/C18H23N3O3/c1-12-3-2-4-13(7-12)8-21-15-9-20(18(23)19-14-5-6-14)10-16(15)24-11-17(21)22/h2-4,7,14-16H,5-6,8-11H2,1H3,(H,19,23)/t15-,16-/m1/s1. The van der Waals surface area contributed by atoms with E-state index in [4.69, 9.17) is 4.74 Å². The summed E-state index contributed by atoms with van der Waals surface area (Å²) in [4.78, 5) is 28.3. The summed E-state index contributed by atoms with van der Waals surface area (Å²) in [7, 11) is 0. The van der Waals surface area contributed by atoms with E-state index in [1.807, 2.05) is 30.0 Å². The van der Waals surface area contributed by atoms with Crippen molar-refractivity contribution >= 4 is 11.9 Å². The highest BCUT2D eigenvalue weighted by Crippen LogP contribution is 2.26. The first-order valence-electron chi connectivity index (χ1n) is 8.62. The van der Waals surface area contributed by atoms with Gasteiger partial charge >= 0.3 is 6.03 Å². The number of hydrogen-bond acceptors (Lipinski definition) is 3. The third-order valence-electron chi connectivity index (χ3n) is 5.01. The van der Waals surface area contributed by atoms with Crippen molar-refractivity contribution in [1.82, 2.24) is 15.1 Å². The fourth-order valence-corrected chi connectivity index (χ4v) is 3.54. The summed E-state index contributed by atoms with van der Waals surface area (Å²) in [5, 5.41) is 3.02. The Morgan fingerprint density at radius 1 is 1.33 bits per heavy atom. The zero-order valence-electron chi connectivity index (χ0n) is 13.9. The van der Waals surface area contributed by atoms with Crippen LogP contribution in [-0.4, -0.2) is 59.6 Å². The molecule has 2 heterocycles. The molecule has 6 nitrogen and oxygen atoms in total. The summed E-state index contributed by atoms with van der Waals surface area (Å²) in [5.41, 5.74) is 2.30. The average Bonchev–Trinajstić information content (AvgIpc) is 3.25. The molecule has 2 saturated heterocycles. The van der Waals surface area contributed by atoms with Crippen LogP contribution in [0.15, 0.2) is 24.3 Å². The van der Waals surface area contributed by atoms with Crippen LogP contribution >= 0.6 is 0 Å². The van der Waals surface area contributed by atoms with Crippen molar-refractivity contribution in [2.24, 2.45) is 0 Å². The van der Waals surface area contributed by atoms with Crippen molar-refractivity contribution in [3.05, 3.63) is 35.4 Å². The number of benzene rings is 1. The maximum absolute atomic E-state index is 12.4. The van der Waals surface area contributed by atoms with E-state index in [1.165, 1.54) is 5.56 Å². The maximum Gasteiger partial charge on any atom is 0.317 e. The lowest BCUT2D eigenvalue weighted by Crippen LogP contribution is -2.53. The topological polar surface area (TPSA) is 61.9 Å². The van der Waals surface area contributed by atoms with Crippen LogP contribution in [0.4, 0.5) is 4.79 Å². The molecule has 3 aliphatic rings. The number of morpholine rings is 1. The molecule has 0 aromatic heterocycles. The van der Waals surface area contributed by atoms with Gasteiger partial charge in [0.25, 0.3) is 0 Å².